The van der Waals surface area contributed by atoms with Gasteiger partial charge >= 0.3 is 0 Å². The Bertz CT molecular complexity index is 1160. The van der Waals surface area contributed by atoms with Gasteiger partial charge in [0.05, 0.1) is 5.65 Å². The van der Waals surface area contributed by atoms with Crippen molar-refractivity contribution in [2.45, 2.75) is 27.7 Å². The zero-order chi connectivity index (χ0) is 16.3. The first-order valence-electron chi connectivity index (χ1n) is 7.66. The molecule has 4 aromatic rings. The standard InChI is InChI=1S/C20H16N3.Ir/c1-11-12(2)14(4)19-18(13(11)3)16-7-5-6-8-17(16)20-22-15(9-21)10-23(19)20;/h5-7,10H,1-4H3;/q-1;. The number of hydrogen-bond acceptors (Lipinski definition) is 2. The fourth-order valence-corrected chi connectivity index (χ4v) is 3.53. The van der Waals surface area contributed by atoms with Crippen LogP contribution in [0, 0.1) is 45.1 Å². The number of fused-ring (bicyclic) bond motifs is 6. The van der Waals surface area contributed by atoms with Crippen LogP contribution in [0.4, 0.5) is 0 Å². The maximum atomic E-state index is 9.27. The van der Waals surface area contributed by atoms with Crippen LogP contribution in [0.1, 0.15) is 27.9 Å². The second-order valence-electron chi connectivity index (χ2n) is 6.11. The molecule has 2 aromatic carbocycles. The zero-order valence-electron chi connectivity index (χ0n) is 14.0. The molecule has 0 atom stereocenters. The van der Waals surface area contributed by atoms with Crippen LogP contribution in [-0.4, -0.2) is 9.38 Å². The van der Waals surface area contributed by atoms with E-state index in [1.807, 2.05) is 18.3 Å². The Balaban J connectivity index is 0.00000169. The Morgan fingerprint density at radius 2 is 1.79 bits per heavy atom. The maximum absolute atomic E-state index is 9.27. The van der Waals surface area contributed by atoms with Crippen LogP contribution in [0.2, 0.25) is 0 Å². The molecule has 2 heterocycles. The maximum Gasteiger partial charge on any atom is 0.148 e. The molecule has 0 spiro atoms. The van der Waals surface area contributed by atoms with Gasteiger partial charge in [-0.15, -0.1) is 29.7 Å². The summed E-state index contributed by atoms with van der Waals surface area (Å²) in [4.78, 5) is 4.50. The number of pyridine rings is 1. The summed E-state index contributed by atoms with van der Waals surface area (Å²) >= 11 is 0. The first-order valence-corrected chi connectivity index (χ1v) is 7.66. The molecule has 4 rings (SSSR count). The predicted molar refractivity (Wildman–Crippen MR) is 92.7 cm³/mol. The Labute approximate surface area is 154 Å². The second kappa shape index (κ2) is 5.70. The number of aromatic nitrogens is 2. The van der Waals surface area contributed by atoms with Crippen LogP contribution < -0.4 is 0 Å². The van der Waals surface area contributed by atoms with Crippen molar-refractivity contribution in [3.63, 3.8) is 0 Å². The number of rotatable bonds is 0. The van der Waals surface area contributed by atoms with Crippen molar-refractivity contribution in [2.24, 2.45) is 0 Å². The average Bonchev–Trinajstić information content (AvgIpc) is 3.01. The first-order chi connectivity index (χ1) is 11.0. The molecule has 0 aliphatic rings. The van der Waals surface area contributed by atoms with Gasteiger partial charge in [0.25, 0.3) is 0 Å². The molecule has 0 saturated carbocycles. The van der Waals surface area contributed by atoms with Crippen LogP contribution in [0.25, 0.3) is 27.3 Å². The third-order valence-corrected chi connectivity index (χ3v) is 5.06. The van der Waals surface area contributed by atoms with Crippen molar-refractivity contribution in [1.82, 2.24) is 9.38 Å². The zero-order valence-corrected chi connectivity index (χ0v) is 16.4. The quantitative estimate of drug-likeness (QED) is 0.268. The Morgan fingerprint density at radius 1 is 1.08 bits per heavy atom. The van der Waals surface area contributed by atoms with Crippen molar-refractivity contribution in [3.8, 4) is 6.07 Å². The van der Waals surface area contributed by atoms with Crippen molar-refractivity contribution < 1.29 is 20.1 Å². The summed E-state index contributed by atoms with van der Waals surface area (Å²) in [7, 11) is 0. The Morgan fingerprint density at radius 3 is 2.50 bits per heavy atom. The number of hydrogen-bond donors (Lipinski definition) is 0. The number of nitrogens with zero attached hydrogens (tertiary/aromatic N) is 3. The fraction of sp³-hybridized carbons (Fsp3) is 0.200. The molecule has 0 fully saturated rings. The number of imidazole rings is 1. The molecule has 0 unspecified atom stereocenters. The molecule has 24 heavy (non-hydrogen) atoms. The molecule has 0 N–H and O–H groups in total. The van der Waals surface area contributed by atoms with E-state index in [-0.39, 0.29) is 20.1 Å². The molecular formula is C20H16IrN3-. The molecule has 0 bridgehead atoms. The van der Waals surface area contributed by atoms with Gasteiger partial charge in [-0.1, -0.05) is 5.39 Å². The summed E-state index contributed by atoms with van der Waals surface area (Å²) in [6.07, 6.45) is 1.83. The normalized spacial score (nSPS) is 11.0. The van der Waals surface area contributed by atoms with Crippen LogP contribution >= 0.6 is 0 Å². The Hall–Kier alpha value is -2.21. The molecule has 0 saturated heterocycles. The van der Waals surface area contributed by atoms with Gasteiger partial charge in [0.15, 0.2) is 0 Å². The second-order valence-corrected chi connectivity index (χ2v) is 6.11. The minimum atomic E-state index is 0. The summed E-state index contributed by atoms with van der Waals surface area (Å²) in [5.74, 6) is 0. The van der Waals surface area contributed by atoms with Gasteiger partial charge in [0.1, 0.15) is 11.8 Å². The molecular weight excluding hydrogens is 474 g/mol. The number of nitriles is 1. The van der Waals surface area contributed by atoms with E-state index in [2.05, 4.69) is 55.3 Å². The van der Waals surface area contributed by atoms with Gasteiger partial charge in [0.2, 0.25) is 0 Å². The summed E-state index contributed by atoms with van der Waals surface area (Å²) in [5.41, 5.74) is 7.51. The summed E-state index contributed by atoms with van der Waals surface area (Å²) in [6, 6.07) is 11.5. The minimum absolute atomic E-state index is 0. The van der Waals surface area contributed by atoms with Gasteiger partial charge in [0, 0.05) is 31.8 Å². The van der Waals surface area contributed by atoms with Crippen LogP contribution in [0.5, 0.6) is 0 Å². The molecule has 0 aliphatic heterocycles. The van der Waals surface area contributed by atoms with Gasteiger partial charge in [-0.3, -0.25) is 4.98 Å². The Kier molecular flexibility index (Phi) is 3.95. The number of benzene rings is 2. The van der Waals surface area contributed by atoms with Crippen LogP contribution in [-0.2, 0) is 20.1 Å². The van der Waals surface area contributed by atoms with E-state index in [1.54, 1.807) is 0 Å². The molecule has 0 aliphatic carbocycles. The van der Waals surface area contributed by atoms with E-state index in [9.17, 15) is 5.26 Å². The van der Waals surface area contributed by atoms with Gasteiger partial charge in [-0.25, -0.2) is 0 Å². The van der Waals surface area contributed by atoms with Crippen molar-refractivity contribution in [2.75, 3.05) is 0 Å². The van der Waals surface area contributed by atoms with E-state index in [0.717, 1.165) is 21.9 Å². The first kappa shape index (κ1) is 16.6. The smallest absolute Gasteiger partial charge is 0.148 e. The van der Waals surface area contributed by atoms with Crippen molar-refractivity contribution >= 4 is 27.3 Å². The van der Waals surface area contributed by atoms with Gasteiger partial charge in [-0.05, 0) is 55.3 Å². The van der Waals surface area contributed by atoms with Crippen molar-refractivity contribution in [1.29, 1.82) is 5.26 Å². The molecule has 2 aromatic heterocycles. The van der Waals surface area contributed by atoms with Gasteiger partial charge in [-0.2, -0.15) is 5.26 Å². The largest absolute Gasteiger partial charge is 0.339 e. The predicted octanol–water partition coefficient (Wildman–Crippen LogP) is 4.54. The summed E-state index contributed by atoms with van der Waals surface area (Å²) in [6.45, 7) is 8.65. The van der Waals surface area contributed by atoms with Crippen LogP contribution in [0.3, 0.4) is 0 Å². The molecule has 0 amide bonds. The minimum Gasteiger partial charge on any atom is -0.339 e. The number of aryl methyl sites for hydroxylation is 2. The third kappa shape index (κ3) is 2.02. The topological polar surface area (TPSA) is 41.1 Å². The van der Waals surface area contributed by atoms with E-state index in [0.29, 0.717) is 5.69 Å². The van der Waals surface area contributed by atoms with E-state index >= 15 is 0 Å². The SMILES string of the molecule is Cc1c(C)c(C)c2c(c1C)c1ccc[c-]c1c1nc(C#N)cn12.[Ir]. The molecule has 3 nitrogen and oxygen atoms in total. The molecule has 121 valence electrons. The third-order valence-electron chi connectivity index (χ3n) is 5.06. The fourth-order valence-electron chi connectivity index (χ4n) is 3.53. The van der Waals surface area contributed by atoms with Crippen LogP contribution in [0.15, 0.2) is 24.4 Å². The monoisotopic (exact) mass is 491 g/mol. The molecule has 1 radical (unpaired) electrons. The summed E-state index contributed by atoms with van der Waals surface area (Å²) in [5, 5.41) is 12.6. The van der Waals surface area contributed by atoms with E-state index in [1.165, 1.54) is 27.6 Å². The average molecular weight is 491 g/mol. The molecule has 4 heteroatoms. The van der Waals surface area contributed by atoms with Gasteiger partial charge < -0.3 is 4.40 Å². The van der Waals surface area contributed by atoms with E-state index in [4.69, 9.17) is 0 Å². The summed E-state index contributed by atoms with van der Waals surface area (Å²) < 4.78 is 2.06. The van der Waals surface area contributed by atoms with Crippen molar-refractivity contribution in [3.05, 3.63) is 58.4 Å². The van der Waals surface area contributed by atoms with E-state index < -0.39 is 0 Å².